The number of ketones is 1. The zero-order valence-electron chi connectivity index (χ0n) is 17.7. The van der Waals surface area contributed by atoms with Gasteiger partial charge in [-0.1, -0.05) is 6.07 Å². The summed E-state index contributed by atoms with van der Waals surface area (Å²) in [4.78, 5) is 37.1. The molecule has 0 spiro atoms. The first-order chi connectivity index (χ1) is 15.4. The van der Waals surface area contributed by atoms with Crippen LogP contribution >= 0.6 is 15.9 Å². The molecule has 1 N–H and O–H groups in total. The fourth-order valence-corrected chi connectivity index (χ4v) is 3.71. The molecule has 0 saturated heterocycles. The molecule has 2 atom stereocenters. The van der Waals surface area contributed by atoms with Crippen molar-refractivity contribution in [3.05, 3.63) is 52.0 Å². The van der Waals surface area contributed by atoms with Gasteiger partial charge >= 0.3 is 12.1 Å². The maximum absolute atomic E-state index is 13.3. The van der Waals surface area contributed by atoms with Gasteiger partial charge in [-0.05, 0) is 58.7 Å². The molecule has 1 aliphatic heterocycles. The minimum absolute atomic E-state index is 0.178. The van der Waals surface area contributed by atoms with Crippen LogP contribution in [-0.2, 0) is 14.3 Å². The molecule has 10 heteroatoms. The molecule has 0 fully saturated rings. The van der Waals surface area contributed by atoms with E-state index in [1.54, 1.807) is 37.3 Å². The van der Waals surface area contributed by atoms with Gasteiger partial charge in [0.05, 0.1) is 30.9 Å². The zero-order valence-corrected chi connectivity index (χ0v) is 19.3. The highest BCUT2D eigenvalue weighted by molar-refractivity contribution is 9.10. The topological polar surface area (TPSA) is 109 Å². The summed E-state index contributed by atoms with van der Waals surface area (Å²) in [7, 11) is 3.01. The molecule has 0 radical (unpaired) electrons. The molecule has 0 aliphatic carbocycles. The molecule has 2 aromatic rings. The number of nitrogens with one attached hydrogen (secondary N) is 1. The number of alkyl carbamates (subject to hydrolysis) is 1. The lowest BCUT2D eigenvalue weighted by molar-refractivity contribution is -0.141. The molecular weight excluding hydrogens is 486 g/mol. The number of amides is 1. The molecule has 0 bridgehead atoms. The normalized spacial score (nSPS) is 16.9. The largest absolute Gasteiger partial charge is 0.497 e. The third kappa shape index (κ3) is 5.13. The van der Waals surface area contributed by atoms with Gasteiger partial charge in [-0.3, -0.25) is 9.59 Å². The van der Waals surface area contributed by atoms with Crippen molar-refractivity contribution in [1.29, 1.82) is 0 Å². The Morgan fingerprint density at radius 2 is 1.91 bits per heavy atom. The van der Waals surface area contributed by atoms with Gasteiger partial charge in [0.15, 0.2) is 6.10 Å². The lowest BCUT2D eigenvalue weighted by Gasteiger charge is -2.32. The molecule has 1 amide bonds. The fourth-order valence-electron chi connectivity index (χ4n) is 3.15. The predicted molar refractivity (Wildman–Crippen MR) is 116 cm³/mol. The van der Waals surface area contributed by atoms with E-state index in [9.17, 15) is 14.4 Å². The maximum Gasteiger partial charge on any atom is 0.408 e. The second-order valence-corrected chi connectivity index (χ2v) is 7.50. The number of carbonyl (C=O) groups excluding carboxylic acids is 3. The number of ether oxygens (including phenoxy) is 5. The van der Waals surface area contributed by atoms with Crippen molar-refractivity contribution in [2.75, 3.05) is 27.4 Å². The average Bonchev–Trinajstić information content (AvgIpc) is 2.79. The number of halogens is 1. The van der Waals surface area contributed by atoms with Crippen molar-refractivity contribution in [3.63, 3.8) is 0 Å². The summed E-state index contributed by atoms with van der Waals surface area (Å²) in [6.45, 7) is 1.44. The summed E-state index contributed by atoms with van der Waals surface area (Å²) >= 11 is 3.41. The Morgan fingerprint density at radius 3 is 2.56 bits per heavy atom. The van der Waals surface area contributed by atoms with E-state index in [0.717, 1.165) is 0 Å². The van der Waals surface area contributed by atoms with Crippen LogP contribution in [0, 0.1) is 0 Å². The minimum Gasteiger partial charge on any atom is -0.497 e. The average molecular weight is 508 g/mol. The number of esters is 1. The molecule has 9 nitrogen and oxygen atoms in total. The van der Waals surface area contributed by atoms with Crippen LogP contribution in [0.2, 0.25) is 0 Å². The second kappa shape index (κ2) is 10.4. The third-order valence-electron chi connectivity index (χ3n) is 4.66. The molecule has 0 aromatic heterocycles. The van der Waals surface area contributed by atoms with Crippen LogP contribution in [-0.4, -0.2) is 51.3 Å². The van der Waals surface area contributed by atoms with E-state index in [4.69, 9.17) is 23.7 Å². The Morgan fingerprint density at radius 1 is 1.12 bits per heavy atom. The summed E-state index contributed by atoms with van der Waals surface area (Å²) in [6.07, 6.45) is -3.19. The number of fused-ring (bicyclic) bond motifs is 1. The van der Waals surface area contributed by atoms with Crippen LogP contribution < -0.4 is 19.5 Å². The molecule has 0 saturated carbocycles. The van der Waals surface area contributed by atoms with Crippen molar-refractivity contribution < 1.29 is 38.1 Å². The summed E-state index contributed by atoms with van der Waals surface area (Å²) in [5.74, 6) is 0.289. The molecule has 3 rings (SSSR count). The van der Waals surface area contributed by atoms with Crippen molar-refractivity contribution in [2.45, 2.75) is 19.1 Å². The van der Waals surface area contributed by atoms with Gasteiger partial charge in [0.1, 0.15) is 23.8 Å². The summed E-state index contributed by atoms with van der Waals surface area (Å²) in [6, 6.07) is 9.94. The van der Waals surface area contributed by atoms with Gasteiger partial charge < -0.3 is 29.0 Å². The van der Waals surface area contributed by atoms with Crippen LogP contribution in [0.15, 0.2) is 40.9 Å². The fraction of sp³-hybridized carbons (Fsp3) is 0.318. The van der Waals surface area contributed by atoms with Crippen molar-refractivity contribution in [2.24, 2.45) is 0 Å². The molecule has 1 heterocycles. The van der Waals surface area contributed by atoms with Gasteiger partial charge in [-0.15, -0.1) is 0 Å². The predicted octanol–water partition coefficient (Wildman–Crippen LogP) is 3.44. The van der Waals surface area contributed by atoms with E-state index < -0.39 is 36.6 Å². The zero-order chi connectivity index (χ0) is 23.3. The molecule has 32 heavy (non-hydrogen) atoms. The van der Waals surface area contributed by atoms with Crippen LogP contribution in [0.25, 0.3) is 0 Å². The van der Waals surface area contributed by atoms with Crippen LogP contribution in [0.1, 0.15) is 28.9 Å². The molecule has 170 valence electrons. The van der Waals surface area contributed by atoms with Crippen LogP contribution in [0.5, 0.6) is 17.2 Å². The quantitative estimate of drug-likeness (QED) is 0.567. The van der Waals surface area contributed by atoms with Gasteiger partial charge in [-0.2, -0.15) is 0 Å². The van der Waals surface area contributed by atoms with Crippen LogP contribution in [0.4, 0.5) is 4.79 Å². The SMILES string of the molecule is CCOC(=O)CNC(=O)O[C@H]1C(=O)c2cc(OC)ccc2O[C@@H]1c1ccc(OC)c(Br)c1. The maximum atomic E-state index is 13.3. The molecule has 1 aliphatic rings. The highest BCUT2D eigenvalue weighted by Gasteiger charge is 2.41. The lowest BCUT2D eigenvalue weighted by atomic mass is 9.93. The Balaban J connectivity index is 1.91. The van der Waals surface area contributed by atoms with Crippen LogP contribution in [0.3, 0.4) is 0 Å². The van der Waals surface area contributed by atoms with Gasteiger partial charge in [0.2, 0.25) is 11.9 Å². The van der Waals surface area contributed by atoms with Crippen molar-refractivity contribution >= 4 is 33.8 Å². The Labute approximate surface area is 193 Å². The van der Waals surface area contributed by atoms with E-state index in [1.807, 2.05) is 0 Å². The summed E-state index contributed by atoms with van der Waals surface area (Å²) < 4.78 is 27.3. The van der Waals surface area contributed by atoms with E-state index in [-0.39, 0.29) is 12.2 Å². The van der Waals surface area contributed by atoms with E-state index in [0.29, 0.717) is 27.3 Å². The monoisotopic (exact) mass is 507 g/mol. The Kier molecular flexibility index (Phi) is 7.57. The number of rotatable bonds is 7. The summed E-state index contributed by atoms with van der Waals surface area (Å²) in [5, 5.41) is 2.29. The first-order valence-electron chi connectivity index (χ1n) is 9.70. The Bertz CT molecular complexity index is 1020. The standard InChI is InChI=1S/C22H22BrNO8/c1-4-30-18(25)11-24-22(27)32-21-19(26)14-10-13(28-2)6-8-16(14)31-20(21)12-5-7-17(29-3)15(23)9-12/h5-10,20-21H,4,11H2,1-3H3,(H,24,27)/t20-,21+/m1/s1. The number of benzene rings is 2. The molecule has 2 aromatic carbocycles. The number of hydrogen-bond donors (Lipinski definition) is 1. The Hall–Kier alpha value is -3.27. The van der Waals surface area contributed by atoms with Gasteiger partial charge in [0.25, 0.3) is 0 Å². The lowest BCUT2D eigenvalue weighted by Crippen LogP contribution is -2.43. The van der Waals surface area contributed by atoms with E-state index >= 15 is 0 Å². The minimum atomic E-state index is -1.31. The third-order valence-corrected chi connectivity index (χ3v) is 5.28. The van der Waals surface area contributed by atoms with Crippen molar-refractivity contribution in [3.8, 4) is 17.2 Å². The first kappa shape index (κ1) is 23.4. The molecular formula is C22H22BrNO8. The highest BCUT2D eigenvalue weighted by atomic mass is 79.9. The smallest absolute Gasteiger partial charge is 0.408 e. The van der Waals surface area contributed by atoms with Gasteiger partial charge in [0, 0.05) is 0 Å². The van der Waals surface area contributed by atoms with Gasteiger partial charge in [-0.25, -0.2) is 4.79 Å². The number of carbonyl (C=O) groups is 3. The van der Waals surface area contributed by atoms with Crippen molar-refractivity contribution in [1.82, 2.24) is 5.32 Å². The van der Waals surface area contributed by atoms with E-state index in [1.165, 1.54) is 20.3 Å². The second-order valence-electron chi connectivity index (χ2n) is 6.64. The first-order valence-corrected chi connectivity index (χ1v) is 10.5. The number of methoxy groups -OCH3 is 2. The summed E-state index contributed by atoms with van der Waals surface area (Å²) in [5.41, 5.74) is 0.798. The number of Topliss-reactive ketones (excluding diaryl/α,β-unsaturated/α-hetero) is 1. The number of hydrogen-bond acceptors (Lipinski definition) is 8. The highest BCUT2D eigenvalue weighted by Crippen LogP contribution is 2.40. The van der Waals surface area contributed by atoms with E-state index in [2.05, 4.69) is 21.2 Å². The molecule has 0 unspecified atom stereocenters.